The lowest BCUT2D eigenvalue weighted by Crippen LogP contribution is -2.49. The van der Waals surface area contributed by atoms with Crippen molar-refractivity contribution in [2.75, 3.05) is 44.7 Å². The minimum atomic E-state index is -0.499. The highest BCUT2D eigenvalue weighted by molar-refractivity contribution is 6.29. The Kier molecular flexibility index (Phi) is 9.37. The van der Waals surface area contributed by atoms with E-state index in [1.165, 1.54) is 7.11 Å². The van der Waals surface area contributed by atoms with E-state index in [0.717, 1.165) is 64.0 Å². The molecule has 5 heterocycles. The van der Waals surface area contributed by atoms with Crippen LogP contribution < -0.4 is 9.64 Å². The van der Waals surface area contributed by atoms with Gasteiger partial charge in [0.15, 0.2) is 5.75 Å². The van der Waals surface area contributed by atoms with E-state index in [1.54, 1.807) is 12.4 Å². The predicted molar refractivity (Wildman–Crippen MR) is 158 cm³/mol. The summed E-state index contributed by atoms with van der Waals surface area (Å²) in [6.07, 6.45) is 7.28. The quantitative estimate of drug-likeness (QED) is 0.320. The number of pyridine rings is 1. The monoisotopic (exact) mass is 600 g/mol. The second-order valence-electron chi connectivity index (χ2n) is 12.5. The number of hydrogen-bond donors (Lipinski definition) is 0. The summed E-state index contributed by atoms with van der Waals surface area (Å²) >= 11 is 6.33. The highest BCUT2D eigenvalue weighted by atomic mass is 35.5. The van der Waals surface area contributed by atoms with Gasteiger partial charge in [-0.3, -0.25) is 9.69 Å². The zero-order chi connectivity index (χ0) is 29.9. The molecule has 0 saturated carbocycles. The van der Waals surface area contributed by atoms with E-state index in [2.05, 4.69) is 24.8 Å². The average molecular weight is 601 g/mol. The van der Waals surface area contributed by atoms with Crippen molar-refractivity contribution in [3.63, 3.8) is 0 Å². The predicted octanol–water partition coefficient (Wildman–Crippen LogP) is 4.93. The first-order chi connectivity index (χ1) is 20.1. The van der Waals surface area contributed by atoms with E-state index >= 15 is 0 Å². The largest absolute Gasteiger partial charge is 0.469 e. The van der Waals surface area contributed by atoms with Crippen LogP contribution in [0.4, 0.5) is 10.7 Å². The molecule has 0 aliphatic carbocycles. The Morgan fingerprint density at radius 1 is 1.02 bits per heavy atom. The zero-order valence-electron chi connectivity index (χ0n) is 24.9. The number of likely N-dealkylation sites (tertiary alicyclic amines) is 2. The fraction of sp³-hybridized carbons (Fsp3) is 0.633. The SMILES string of the molecule is COC(=O)CC1CCN(Cc2cc(Cl)nc(Oc3cnc(N4CCC5C(CCN5C(=O)OC(C)(C)C)C4)nc3)c2)CC1. The first-order valence-corrected chi connectivity index (χ1v) is 15.1. The first kappa shape index (κ1) is 30.3. The standard InChI is InChI=1S/C30H41ClN6O5/c1-30(2,3)42-29(39)37-12-7-22-19-36(11-8-24(22)37)28-32-16-23(17-33-28)41-26-14-21(13-25(31)34-26)18-35-9-5-20(6-10-35)15-27(38)40-4/h13-14,16-17,20,22,24H,5-12,15,18-19H2,1-4H3. The summed E-state index contributed by atoms with van der Waals surface area (Å²) in [4.78, 5) is 44.1. The summed E-state index contributed by atoms with van der Waals surface area (Å²) in [6.45, 7) is 10.5. The molecule has 11 nitrogen and oxygen atoms in total. The van der Waals surface area contributed by atoms with E-state index in [4.69, 9.17) is 25.8 Å². The molecule has 1 amide bonds. The van der Waals surface area contributed by atoms with Crippen LogP contribution in [0.5, 0.6) is 11.6 Å². The lowest BCUT2D eigenvalue weighted by Gasteiger charge is -2.38. The Hall–Kier alpha value is -3.18. The second kappa shape index (κ2) is 13.0. The summed E-state index contributed by atoms with van der Waals surface area (Å²) in [5, 5.41) is 0.362. The van der Waals surface area contributed by atoms with Gasteiger partial charge < -0.3 is 24.0 Å². The third-order valence-electron chi connectivity index (χ3n) is 8.21. The Morgan fingerprint density at radius 2 is 1.76 bits per heavy atom. The molecule has 2 atom stereocenters. The normalized spacial score (nSPS) is 21.6. The third-order valence-corrected chi connectivity index (χ3v) is 8.40. The van der Waals surface area contributed by atoms with Gasteiger partial charge >= 0.3 is 12.1 Å². The number of ether oxygens (including phenoxy) is 3. The molecule has 42 heavy (non-hydrogen) atoms. The van der Waals surface area contributed by atoms with Crippen molar-refractivity contribution < 1.29 is 23.8 Å². The molecule has 12 heteroatoms. The maximum Gasteiger partial charge on any atom is 0.410 e. The summed E-state index contributed by atoms with van der Waals surface area (Å²) in [6, 6.07) is 3.93. The van der Waals surface area contributed by atoms with E-state index < -0.39 is 5.60 Å². The van der Waals surface area contributed by atoms with Gasteiger partial charge in [-0.15, -0.1) is 0 Å². The van der Waals surface area contributed by atoms with Crippen LogP contribution in [-0.2, 0) is 20.8 Å². The van der Waals surface area contributed by atoms with Gasteiger partial charge in [0.05, 0.1) is 19.5 Å². The molecular weight excluding hydrogens is 560 g/mol. The van der Waals surface area contributed by atoms with Gasteiger partial charge in [0.25, 0.3) is 0 Å². The van der Waals surface area contributed by atoms with Crippen molar-refractivity contribution in [2.24, 2.45) is 11.8 Å². The Morgan fingerprint density at radius 3 is 2.45 bits per heavy atom. The number of aromatic nitrogens is 3. The maximum atomic E-state index is 12.7. The van der Waals surface area contributed by atoms with Crippen molar-refractivity contribution >= 4 is 29.6 Å². The smallest absolute Gasteiger partial charge is 0.410 e. The van der Waals surface area contributed by atoms with Gasteiger partial charge in [-0.05, 0) is 83.0 Å². The van der Waals surface area contributed by atoms with Crippen LogP contribution in [0.15, 0.2) is 24.5 Å². The lowest BCUT2D eigenvalue weighted by atomic mass is 9.93. The summed E-state index contributed by atoms with van der Waals surface area (Å²) < 4.78 is 16.4. The van der Waals surface area contributed by atoms with Crippen LogP contribution in [0, 0.1) is 11.8 Å². The van der Waals surface area contributed by atoms with Crippen LogP contribution in [-0.4, -0.2) is 88.3 Å². The fourth-order valence-corrected chi connectivity index (χ4v) is 6.38. The molecule has 3 aliphatic rings. The van der Waals surface area contributed by atoms with Gasteiger partial charge in [0, 0.05) is 44.7 Å². The van der Waals surface area contributed by atoms with Crippen LogP contribution in [0.3, 0.4) is 0 Å². The van der Waals surface area contributed by atoms with Gasteiger partial charge in [-0.2, -0.15) is 0 Å². The molecule has 2 aromatic rings. The summed E-state index contributed by atoms with van der Waals surface area (Å²) in [5.41, 5.74) is 0.509. The summed E-state index contributed by atoms with van der Waals surface area (Å²) in [7, 11) is 1.44. The number of methoxy groups -OCH3 is 1. The number of esters is 1. The number of nitrogens with zero attached hydrogens (tertiary/aromatic N) is 6. The number of hydrogen-bond acceptors (Lipinski definition) is 10. The molecule has 5 rings (SSSR count). The van der Waals surface area contributed by atoms with Gasteiger partial charge in [-0.1, -0.05) is 11.6 Å². The van der Waals surface area contributed by atoms with Crippen LogP contribution in [0.2, 0.25) is 5.15 Å². The minimum absolute atomic E-state index is 0.141. The molecule has 2 unspecified atom stereocenters. The number of carbonyl (C=O) groups is 2. The first-order valence-electron chi connectivity index (χ1n) is 14.8. The third kappa shape index (κ3) is 7.80. The average Bonchev–Trinajstić information content (AvgIpc) is 3.37. The molecule has 0 radical (unpaired) electrons. The number of carbonyl (C=O) groups excluding carboxylic acids is 2. The molecule has 3 saturated heterocycles. The van der Waals surface area contributed by atoms with Crippen molar-refractivity contribution in [1.82, 2.24) is 24.8 Å². The maximum absolute atomic E-state index is 12.7. The Labute approximate surface area is 252 Å². The second-order valence-corrected chi connectivity index (χ2v) is 12.9. The van der Waals surface area contributed by atoms with Gasteiger partial charge in [0.2, 0.25) is 11.8 Å². The van der Waals surface area contributed by atoms with Gasteiger partial charge in [0.1, 0.15) is 10.8 Å². The van der Waals surface area contributed by atoms with Crippen LogP contribution in [0.25, 0.3) is 0 Å². The molecular formula is C30H41ClN6O5. The number of fused-ring (bicyclic) bond motifs is 1. The Bertz CT molecular complexity index is 1250. The van der Waals surface area contributed by atoms with Crippen molar-refractivity contribution in [1.29, 1.82) is 0 Å². The summed E-state index contributed by atoms with van der Waals surface area (Å²) in [5.74, 6) is 2.11. The highest BCUT2D eigenvalue weighted by Crippen LogP contribution is 2.34. The molecule has 0 aromatic carbocycles. The molecule has 3 aliphatic heterocycles. The molecule has 2 aromatic heterocycles. The van der Waals surface area contributed by atoms with Crippen molar-refractivity contribution in [2.45, 2.75) is 71.1 Å². The molecule has 0 N–H and O–H groups in total. The van der Waals surface area contributed by atoms with E-state index in [0.29, 0.717) is 47.5 Å². The lowest BCUT2D eigenvalue weighted by molar-refractivity contribution is -0.142. The molecule has 3 fully saturated rings. The van der Waals surface area contributed by atoms with E-state index in [1.807, 2.05) is 37.8 Å². The van der Waals surface area contributed by atoms with Crippen LogP contribution >= 0.6 is 11.6 Å². The molecule has 0 bridgehead atoms. The number of amides is 1. The minimum Gasteiger partial charge on any atom is -0.469 e. The number of halogens is 1. The Balaban J connectivity index is 1.14. The fourth-order valence-electron chi connectivity index (χ4n) is 6.15. The molecule has 228 valence electrons. The van der Waals surface area contributed by atoms with E-state index in [9.17, 15) is 9.59 Å². The zero-order valence-corrected chi connectivity index (χ0v) is 25.7. The van der Waals surface area contributed by atoms with Crippen LogP contribution in [0.1, 0.15) is 58.4 Å². The number of anilines is 1. The van der Waals surface area contributed by atoms with Crippen molar-refractivity contribution in [3.8, 4) is 11.6 Å². The number of rotatable bonds is 7. The topological polar surface area (TPSA) is 110 Å². The number of piperidine rings is 2. The highest BCUT2D eigenvalue weighted by Gasteiger charge is 2.42. The molecule has 0 spiro atoms. The van der Waals surface area contributed by atoms with Gasteiger partial charge in [-0.25, -0.2) is 19.7 Å². The van der Waals surface area contributed by atoms with Crippen molar-refractivity contribution in [3.05, 3.63) is 35.2 Å². The van der Waals surface area contributed by atoms with E-state index in [-0.39, 0.29) is 18.1 Å².